The lowest BCUT2D eigenvalue weighted by Crippen LogP contribution is -2.54. The van der Waals surface area contributed by atoms with E-state index in [-0.39, 0.29) is 12.6 Å². The van der Waals surface area contributed by atoms with E-state index >= 15 is 0 Å². The zero-order valence-corrected chi connectivity index (χ0v) is 13.1. The van der Waals surface area contributed by atoms with Crippen molar-refractivity contribution >= 4 is 12.1 Å². The number of amides is 1. The molecule has 120 valence electrons. The van der Waals surface area contributed by atoms with Crippen molar-refractivity contribution < 1.29 is 19.1 Å². The number of allylic oxidation sites excluding steroid dienone is 2. The molecule has 6 nitrogen and oxygen atoms in total. The Bertz CT molecular complexity index is 509. The van der Waals surface area contributed by atoms with E-state index in [4.69, 9.17) is 14.7 Å². The van der Waals surface area contributed by atoms with Crippen molar-refractivity contribution in [2.24, 2.45) is 11.8 Å². The Balaban J connectivity index is 2.16. The largest absolute Gasteiger partial charge is 0.464 e. The lowest BCUT2D eigenvalue weighted by atomic mass is 9.71. The lowest BCUT2D eigenvalue weighted by Gasteiger charge is -2.44. The van der Waals surface area contributed by atoms with E-state index in [1.54, 1.807) is 13.0 Å². The Morgan fingerprint density at radius 3 is 2.86 bits per heavy atom. The summed E-state index contributed by atoms with van der Waals surface area (Å²) in [6.45, 7) is 2.55. The number of hydrogen-bond donors (Lipinski definition) is 0. The van der Waals surface area contributed by atoms with Crippen LogP contribution in [0, 0.1) is 23.2 Å². The Morgan fingerprint density at radius 1 is 1.45 bits per heavy atom. The molecule has 0 spiro atoms. The molecule has 1 heterocycles. The van der Waals surface area contributed by atoms with Gasteiger partial charge in [-0.15, -0.1) is 0 Å². The minimum atomic E-state index is -0.588. The maximum absolute atomic E-state index is 12.2. The Morgan fingerprint density at radius 2 is 2.23 bits per heavy atom. The Labute approximate surface area is 130 Å². The summed E-state index contributed by atoms with van der Waals surface area (Å²) in [7, 11) is 1.32. The van der Waals surface area contributed by atoms with Crippen molar-refractivity contribution in [2.75, 3.05) is 20.3 Å². The maximum atomic E-state index is 12.2. The summed E-state index contributed by atoms with van der Waals surface area (Å²) in [6.07, 6.45) is 4.34. The van der Waals surface area contributed by atoms with Crippen LogP contribution in [0.25, 0.3) is 0 Å². The van der Waals surface area contributed by atoms with Crippen LogP contribution < -0.4 is 0 Å². The SMILES string of the molecule is CCOC(=O)C1CC2CC(=CC#N)CCC2CN1C(=O)OC. The number of fused-ring (bicyclic) bond motifs is 1. The van der Waals surface area contributed by atoms with Gasteiger partial charge in [-0.05, 0) is 44.4 Å². The third-order valence-electron chi connectivity index (χ3n) is 4.60. The second-order valence-corrected chi connectivity index (χ2v) is 5.82. The van der Waals surface area contributed by atoms with E-state index in [1.165, 1.54) is 12.0 Å². The second-order valence-electron chi connectivity index (χ2n) is 5.82. The molecule has 1 saturated heterocycles. The van der Waals surface area contributed by atoms with Crippen LogP contribution in [0.4, 0.5) is 4.79 Å². The van der Waals surface area contributed by atoms with Gasteiger partial charge in [0.1, 0.15) is 6.04 Å². The van der Waals surface area contributed by atoms with Crippen LogP contribution in [-0.2, 0) is 14.3 Å². The van der Waals surface area contributed by atoms with Gasteiger partial charge in [0.15, 0.2) is 0 Å². The van der Waals surface area contributed by atoms with E-state index in [0.29, 0.717) is 24.8 Å². The molecule has 1 amide bonds. The molecule has 6 heteroatoms. The highest BCUT2D eigenvalue weighted by Crippen LogP contribution is 2.41. The number of hydrogen-bond acceptors (Lipinski definition) is 5. The van der Waals surface area contributed by atoms with Gasteiger partial charge in [-0.1, -0.05) is 5.57 Å². The molecule has 1 aliphatic carbocycles. The quantitative estimate of drug-likeness (QED) is 0.577. The number of rotatable bonds is 2. The van der Waals surface area contributed by atoms with Gasteiger partial charge >= 0.3 is 12.1 Å². The van der Waals surface area contributed by atoms with Crippen LogP contribution in [-0.4, -0.2) is 43.3 Å². The van der Waals surface area contributed by atoms with Crippen LogP contribution in [0.1, 0.15) is 32.6 Å². The van der Waals surface area contributed by atoms with Gasteiger partial charge in [-0.3, -0.25) is 4.90 Å². The molecule has 0 N–H and O–H groups in total. The lowest BCUT2D eigenvalue weighted by molar-refractivity contribution is -0.152. The molecule has 1 saturated carbocycles. The molecule has 1 aliphatic heterocycles. The molecule has 0 bridgehead atoms. The van der Waals surface area contributed by atoms with Gasteiger partial charge in [-0.2, -0.15) is 5.26 Å². The summed E-state index contributed by atoms with van der Waals surface area (Å²) in [5.74, 6) is 0.284. The fourth-order valence-electron chi connectivity index (χ4n) is 3.53. The third kappa shape index (κ3) is 3.41. The van der Waals surface area contributed by atoms with E-state index in [9.17, 15) is 9.59 Å². The Hall–Kier alpha value is -2.03. The number of methoxy groups -OCH3 is 1. The fraction of sp³-hybridized carbons (Fsp3) is 0.688. The summed E-state index contributed by atoms with van der Waals surface area (Å²) in [5, 5.41) is 8.80. The number of likely N-dealkylation sites (tertiary alicyclic amines) is 1. The topological polar surface area (TPSA) is 79.6 Å². The first-order valence-electron chi connectivity index (χ1n) is 7.69. The van der Waals surface area contributed by atoms with Crippen molar-refractivity contribution in [1.29, 1.82) is 5.26 Å². The minimum Gasteiger partial charge on any atom is -0.464 e. The van der Waals surface area contributed by atoms with Gasteiger partial charge in [0.25, 0.3) is 0 Å². The highest BCUT2D eigenvalue weighted by Gasteiger charge is 2.43. The first-order valence-corrected chi connectivity index (χ1v) is 7.69. The van der Waals surface area contributed by atoms with E-state index in [0.717, 1.165) is 24.8 Å². The van der Waals surface area contributed by atoms with Crippen molar-refractivity contribution in [1.82, 2.24) is 4.90 Å². The molecule has 2 fully saturated rings. The number of piperidine rings is 1. The fourth-order valence-corrected chi connectivity index (χ4v) is 3.53. The molecule has 0 aromatic rings. The van der Waals surface area contributed by atoms with E-state index < -0.39 is 12.1 Å². The molecular weight excluding hydrogens is 284 g/mol. The highest BCUT2D eigenvalue weighted by atomic mass is 16.6. The molecule has 2 aliphatic rings. The third-order valence-corrected chi connectivity index (χ3v) is 4.60. The maximum Gasteiger partial charge on any atom is 0.410 e. The second kappa shape index (κ2) is 7.30. The van der Waals surface area contributed by atoms with Crippen molar-refractivity contribution in [3.05, 3.63) is 11.6 Å². The van der Waals surface area contributed by atoms with Crippen LogP contribution >= 0.6 is 0 Å². The molecule has 0 aromatic heterocycles. The number of carbonyl (C=O) groups excluding carboxylic acids is 2. The highest BCUT2D eigenvalue weighted by molar-refractivity contribution is 5.81. The Kier molecular flexibility index (Phi) is 5.42. The number of carbonyl (C=O) groups is 2. The van der Waals surface area contributed by atoms with Crippen LogP contribution in [0.2, 0.25) is 0 Å². The summed E-state index contributed by atoms with van der Waals surface area (Å²) < 4.78 is 9.92. The smallest absolute Gasteiger partial charge is 0.410 e. The summed E-state index contributed by atoms with van der Waals surface area (Å²) in [5.41, 5.74) is 1.14. The molecule has 3 unspecified atom stereocenters. The average Bonchev–Trinajstić information content (AvgIpc) is 2.53. The molecule has 3 atom stereocenters. The van der Waals surface area contributed by atoms with Crippen LogP contribution in [0.3, 0.4) is 0 Å². The number of ether oxygens (including phenoxy) is 2. The summed E-state index contributed by atoms with van der Waals surface area (Å²) in [6, 6.07) is 1.50. The van der Waals surface area contributed by atoms with Gasteiger partial charge in [0, 0.05) is 12.6 Å². The molecule has 2 rings (SSSR count). The van der Waals surface area contributed by atoms with Crippen LogP contribution in [0.15, 0.2) is 11.6 Å². The van der Waals surface area contributed by atoms with Crippen LogP contribution in [0.5, 0.6) is 0 Å². The zero-order chi connectivity index (χ0) is 16.1. The van der Waals surface area contributed by atoms with Crippen molar-refractivity contribution in [3.63, 3.8) is 0 Å². The van der Waals surface area contributed by atoms with Gasteiger partial charge in [0.2, 0.25) is 0 Å². The first kappa shape index (κ1) is 16.3. The van der Waals surface area contributed by atoms with Gasteiger partial charge in [0.05, 0.1) is 19.8 Å². The number of esters is 1. The zero-order valence-electron chi connectivity index (χ0n) is 13.1. The molecule has 0 radical (unpaired) electrons. The van der Waals surface area contributed by atoms with Gasteiger partial charge < -0.3 is 9.47 Å². The molecule has 22 heavy (non-hydrogen) atoms. The minimum absolute atomic E-state index is 0.290. The van der Waals surface area contributed by atoms with Crippen molar-refractivity contribution in [2.45, 2.75) is 38.6 Å². The first-order chi connectivity index (χ1) is 10.6. The summed E-state index contributed by atoms with van der Waals surface area (Å²) in [4.78, 5) is 25.6. The van der Waals surface area contributed by atoms with Gasteiger partial charge in [-0.25, -0.2) is 9.59 Å². The standard InChI is InChI=1S/C16H22N2O4/c1-3-22-15(19)14-9-13-8-11(6-7-17)4-5-12(13)10-18(14)16(20)21-2/h6,12-14H,3-5,8-10H2,1-2H3. The predicted octanol–water partition coefficient (Wildman–Crippen LogP) is 2.26. The molecule has 0 aromatic carbocycles. The average molecular weight is 306 g/mol. The molecular formula is C16H22N2O4. The monoisotopic (exact) mass is 306 g/mol. The van der Waals surface area contributed by atoms with E-state index in [2.05, 4.69) is 6.07 Å². The number of nitriles is 1. The predicted molar refractivity (Wildman–Crippen MR) is 78.7 cm³/mol. The van der Waals surface area contributed by atoms with Crippen molar-refractivity contribution in [3.8, 4) is 6.07 Å². The summed E-state index contributed by atoms with van der Waals surface area (Å²) >= 11 is 0. The van der Waals surface area contributed by atoms with E-state index in [1.807, 2.05) is 0 Å². The number of nitrogens with zero attached hydrogens (tertiary/aromatic N) is 2. The normalized spacial score (nSPS) is 29.4.